The number of hydrogen-bond donors (Lipinski definition) is 1. The van der Waals surface area contributed by atoms with Gasteiger partial charge in [-0.25, -0.2) is 0 Å². The van der Waals surface area contributed by atoms with E-state index in [-0.39, 0.29) is 5.54 Å². The molecule has 1 rings (SSSR count). The van der Waals surface area contributed by atoms with Gasteiger partial charge in [0.05, 0.1) is 0 Å². The predicted octanol–water partition coefficient (Wildman–Crippen LogP) is 3.42. The van der Waals surface area contributed by atoms with Gasteiger partial charge in [0.25, 0.3) is 0 Å². The zero-order valence-corrected chi connectivity index (χ0v) is 12.2. The van der Waals surface area contributed by atoms with Crippen LogP contribution in [0.1, 0.15) is 65.7 Å². The Balaban J connectivity index is 2.00. The lowest BCUT2D eigenvalue weighted by atomic mass is 10.1. The van der Waals surface area contributed by atoms with Crippen LogP contribution >= 0.6 is 0 Å². The fourth-order valence-electron chi connectivity index (χ4n) is 2.46. The molecule has 0 aromatic carbocycles. The van der Waals surface area contributed by atoms with E-state index in [1.165, 1.54) is 64.6 Å². The van der Waals surface area contributed by atoms with Crippen molar-refractivity contribution in [2.24, 2.45) is 0 Å². The second kappa shape index (κ2) is 8.10. The highest BCUT2D eigenvalue weighted by atomic mass is 15.1. The number of unbranched alkanes of at least 4 members (excludes halogenated alkanes) is 1. The number of nitrogens with one attached hydrogen (secondary N) is 1. The Morgan fingerprint density at radius 2 is 1.47 bits per heavy atom. The molecule has 1 N–H and O–H groups in total. The van der Waals surface area contributed by atoms with Crippen LogP contribution in [-0.4, -0.2) is 36.6 Å². The van der Waals surface area contributed by atoms with Crippen molar-refractivity contribution in [2.75, 3.05) is 26.2 Å². The third kappa shape index (κ3) is 8.62. The number of rotatable bonds is 5. The Bertz CT molecular complexity index is 176. The summed E-state index contributed by atoms with van der Waals surface area (Å²) in [6.45, 7) is 11.9. The first kappa shape index (κ1) is 15.0. The van der Waals surface area contributed by atoms with Crippen LogP contribution in [0.15, 0.2) is 0 Å². The van der Waals surface area contributed by atoms with E-state index in [0.717, 1.165) is 6.54 Å². The van der Waals surface area contributed by atoms with E-state index >= 15 is 0 Å². The molecule has 0 spiro atoms. The molecule has 1 aliphatic heterocycles. The minimum Gasteiger partial charge on any atom is -0.312 e. The molecule has 0 atom stereocenters. The molecule has 102 valence electrons. The van der Waals surface area contributed by atoms with Gasteiger partial charge in [-0.2, -0.15) is 0 Å². The summed E-state index contributed by atoms with van der Waals surface area (Å²) in [4.78, 5) is 2.68. The molecule has 2 heteroatoms. The van der Waals surface area contributed by atoms with Crippen LogP contribution in [0, 0.1) is 0 Å². The van der Waals surface area contributed by atoms with Crippen LogP contribution < -0.4 is 5.32 Å². The van der Waals surface area contributed by atoms with Gasteiger partial charge in [0.1, 0.15) is 0 Å². The molecule has 0 amide bonds. The predicted molar refractivity (Wildman–Crippen MR) is 76.5 cm³/mol. The first-order valence-electron chi connectivity index (χ1n) is 7.55. The fourth-order valence-corrected chi connectivity index (χ4v) is 2.46. The van der Waals surface area contributed by atoms with Gasteiger partial charge in [-0.15, -0.1) is 0 Å². The molecule has 1 heterocycles. The molecule has 1 fully saturated rings. The maximum atomic E-state index is 3.56. The summed E-state index contributed by atoms with van der Waals surface area (Å²) in [7, 11) is 0. The smallest absolute Gasteiger partial charge is 0.00965 e. The van der Waals surface area contributed by atoms with Crippen molar-refractivity contribution in [1.29, 1.82) is 0 Å². The normalized spacial score (nSPS) is 19.9. The van der Waals surface area contributed by atoms with Crippen molar-refractivity contribution >= 4 is 0 Å². The van der Waals surface area contributed by atoms with Crippen LogP contribution in [0.3, 0.4) is 0 Å². The van der Waals surface area contributed by atoms with Crippen molar-refractivity contribution < 1.29 is 0 Å². The lowest BCUT2D eigenvalue weighted by Crippen LogP contribution is -2.36. The number of hydrogen-bond acceptors (Lipinski definition) is 2. The van der Waals surface area contributed by atoms with E-state index in [2.05, 4.69) is 31.0 Å². The largest absolute Gasteiger partial charge is 0.312 e. The average Bonchev–Trinajstić information content (AvgIpc) is 2.18. The third-order valence-corrected chi connectivity index (χ3v) is 3.51. The summed E-state index contributed by atoms with van der Waals surface area (Å²) >= 11 is 0. The molecule has 0 saturated carbocycles. The number of likely N-dealkylation sites (tertiary alicyclic amines) is 1. The maximum Gasteiger partial charge on any atom is 0.00965 e. The van der Waals surface area contributed by atoms with Gasteiger partial charge in [0.2, 0.25) is 0 Å². The summed E-state index contributed by atoms with van der Waals surface area (Å²) in [5.41, 5.74) is 0.278. The van der Waals surface area contributed by atoms with Crippen LogP contribution in [0.4, 0.5) is 0 Å². The molecule has 1 saturated heterocycles. The van der Waals surface area contributed by atoms with Crippen LogP contribution in [-0.2, 0) is 0 Å². The summed E-state index contributed by atoms with van der Waals surface area (Å²) in [5.74, 6) is 0. The van der Waals surface area contributed by atoms with Crippen molar-refractivity contribution in [3.63, 3.8) is 0 Å². The molecule has 0 bridgehead atoms. The minimum atomic E-state index is 0.278. The van der Waals surface area contributed by atoms with Gasteiger partial charge in [-0.05, 0) is 72.6 Å². The van der Waals surface area contributed by atoms with Crippen LogP contribution in [0.2, 0.25) is 0 Å². The first-order chi connectivity index (χ1) is 8.08. The van der Waals surface area contributed by atoms with Gasteiger partial charge in [0, 0.05) is 5.54 Å². The summed E-state index contributed by atoms with van der Waals surface area (Å²) < 4.78 is 0. The molecule has 0 aromatic heterocycles. The molecule has 0 radical (unpaired) electrons. The highest BCUT2D eigenvalue weighted by molar-refractivity contribution is 4.70. The van der Waals surface area contributed by atoms with Crippen molar-refractivity contribution in [3.05, 3.63) is 0 Å². The topological polar surface area (TPSA) is 15.3 Å². The van der Waals surface area contributed by atoms with Crippen molar-refractivity contribution in [2.45, 2.75) is 71.3 Å². The molecule has 0 aliphatic carbocycles. The van der Waals surface area contributed by atoms with Gasteiger partial charge >= 0.3 is 0 Å². The first-order valence-corrected chi connectivity index (χ1v) is 7.55. The second-order valence-electron chi connectivity index (χ2n) is 6.49. The molecule has 2 nitrogen and oxygen atoms in total. The van der Waals surface area contributed by atoms with E-state index in [9.17, 15) is 0 Å². The Morgan fingerprint density at radius 1 is 0.882 bits per heavy atom. The van der Waals surface area contributed by atoms with Gasteiger partial charge in [-0.1, -0.05) is 19.3 Å². The Morgan fingerprint density at radius 3 is 2.06 bits per heavy atom. The Kier molecular flexibility index (Phi) is 7.14. The van der Waals surface area contributed by atoms with Gasteiger partial charge in [-0.3, -0.25) is 0 Å². The van der Waals surface area contributed by atoms with E-state index < -0.39 is 0 Å². The SMILES string of the molecule is CC(C)(C)NCCCCN1CCCCCCC1. The fraction of sp³-hybridized carbons (Fsp3) is 1.00. The summed E-state index contributed by atoms with van der Waals surface area (Å²) in [6.07, 6.45) is 9.85. The third-order valence-electron chi connectivity index (χ3n) is 3.51. The molecule has 1 aliphatic rings. The zero-order valence-electron chi connectivity index (χ0n) is 12.2. The van der Waals surface area contributed by atoms with Crippen LogP contribution in [0.25, 0.3) is 0 Å². The molecular weight excluding hydrogens is 208 g/mol. The van der Waals surface area contributed by atoms with Gasteiger partial charge < -0.3 is 10.2 Å². The Hall–Kier alpha value is -0.0800. The summed E-state index contributed by atoms with van der Waals surface area (Å²) in [5, 5.41) is 3.56. The molecule has 0 unspecified atom stereocenters. The zero-order chi connectivity index (χ0) is 12.6. The molecule has 17 heavy (non-hydrogen) atoms. The summed E-state index contributed by atoms with van der Waals surface area (Å²) in [6, 6.07) is 0. The van der Waals surface area contributed by atoms with Crippen molar-refractivity contribution in [1.82, 2.24) is 10.2 Å². The number of nitrogens with zero attached hydrogens (tertiary/aromatic N) is 1. The molecular formula is C15H32N2. The monoisotopic (exact) mass is 240 g/mol. The quantitative estimate of drug-likeness (QED) is 0.741. The standard InChI is InChI=1S/C15H32N2/c1-15(2,3)16-11-7-10-14-17-12-8-5-4-6-9-13-17/h16H,4-14H2,1-3H3. The average molecular weight is 240 g/mol. The lowest BCUT2D eigenvalue weighted by molar-refractivity contribution is 0.241. The second-order valence-corrected chi connectivity index (χ2v) is 6.49. The Labute approximate surface area is 108 Å². The molecule has 0 aromatic rings. The lowest BCUT2D eigenvalue weighted by Gasteiger charge is -2.25. The van der Waals surface area contributed by atoms with E-state index in [1.807, 2.05) is 0 Å². The highest BCUT2D eigenvalue weighted by Crippen LogP contribution is 2.11. The minimum absolute atomic E-state index is 0.278. The van der Waals surface area contributed by atoms with E-state index in [4.69, 9.17) is 0 Å². The van der Waals surface area contributed by atoms with Crippen molar-refractivity contribution in [3.8, 4) is 0 Å². The maximum absolute atomic E-state index is 3.56. The van der Waals surface area contributed by atoms with E-state index in [1.54, 1.807) is 0 Å². The van der Waals surface area contributed by atoms with Crippen LogP contribution in [0.5, 0.6) is 0 Å². The highest BCUT2D eigenvalue weighted by Gasteiger charge is 2.09. The van der Waals surface area contributed by atoms with E-state index in [0.29, 0.717) is 0 Å². The van der Waals surface area contributed by atoms with Gasteiger partial charge in [0.15, 0.2) is 0 Å².